The molecule has 326 valence electrons. The fraction of sp³-hybridized carbons (Fsp3) is 0.926. The summed E-state index contributed by atoms with van der Waals surface area (Å²) in [6.07, 6.45) is 27.9. The van der Waals surface area contributed by atoms with Crippen molar-refractivity contribution in [2.45, 2.75) is 210 Å². The molecule has 0 radical (unpaired) electrons. The number of hydrogen-bond donors (Lipinski definition) is 0. The van der Waals surface area contributed by atoms with Gasteiger partial charge in [0.2, 0.25) is 0 Å². The van der Waals surface area contributed by atoms with Crippen LogP contribution in [0.15, 0.2) is 0 Å². The number of rotatable bonds is 10. The number of nitrogens with zero attached hydrogens (tertiary/aromatic N) is 2. The Labute approximate surface area is 355 Å². The van der Waals surface area contributed by atoms with Crippen LogP contribution in [-0.4, -0.2) is 4.73 Å². The van der Waals surface area contributed by atoms with Crippen LogP contribution in [0.3, 0.4) is 0 Å². The summed E-state index contributed by atoms with van der Waals surface area (Å²) in [6.45, 7) is 25.3. The van der Waals surface area contributed by atoms with E-state index in [4.69, 9.17) is 0 Å². The van der Waals surface area contributed by atoms with Crippen LogP contribution < -0.4 is 4.43 Å². The largest absolute Gasteiger partial charge is 0.805 e. The predicted molar refractivity (Wildman–Crippen MR) is 240 cm³/mol. The van der Waals surface area contributed by atoms with Crippen molar-refractivity contribution in [3.05, 3.63) is 32.9 Å². The van der Waals surface area contributed by atoms with Crippen LogP contribution in [0.1, 0.15) is 208 Å². The first-order valence-corrected chi connectivity index (χ1v) is 25.9. The second kappa shape index (κ2) is 15.2. The van der Waals surface area contributed by atoms with Crippen LogP contribution in [0.5, 0.6) is 0 Å². The summed E-state index contributed by atoms with van der Waals surface area (Å²) in [5, 5.41) is 14.9. The van der Waals surface area contributed by atoms with E-state index < -0.39 is 0 Å². The van der Waals surface area contributed by atoms with Gasteiger partial charge in [0.05, 0.1) is 15.8 Å². The Kier molecular flexibility index (Phi) is 11.0. The highest BCUT2D eigenvalue weighted by atomic mass is 16.5. The van der Waals surface area contributed by atoms with Crippen molar-refractivity contribution >= 4 is 0 Å². The third-order valence-corrected chi connectivity index (χ3v) is 22.2. The zero-order valence-corrected chi connectivity index (χ0v) is 39.4. The lowest BCUT2D eigenvalue weighted by Gasteiger charge is -2.61. The summed E-state index contributed by atoms with van der Waals surface area (Å²) in [5.74, 6) is 10.8. The Bertz CT molecular complexity index is 1740. The molecule has 8 aliphatic rings. The topological polar surface area (TPSA) is 51.0 Å². The van der Waals surface area contributed by atoms with E-state index in [1.807, 2.05) is 0 Å². The van der Waals surface area contributed by atoms with Gasteiger partial charge in [-0.1, -0.05) is 108 Å². The fourth-order valence-electron chi connectivity index (χ4n) is 19.1. The van der Waals surface area contributed by atoms with Gasteiger partial charge in [-0.15, -0.1) is 0 Å². The third kappa shape index (κ3) is 6.42. The summed E-state index contributed by atoms with van der Waals surface area (Å²) in [5.41, 5.74) is 4.75. The van der Waals surface area contributed by atoms with Crippen molar-refractivity contribution in [2.75, 3.05) is 0 Å². The van der Waals surface area contributed by atoms with Crippen LogP contribution in [0.2, 0.25) is 0 Å². The lowest BCUT2D eigenvalue weighted by atomic mass is 9.44. The molecule has 0 spiro atoms. The molecule has 0 bridgehead atoms. The van der Waals surface area contributed by atoms with Crippen LogP contribution in [0.4, 0.5) is 0 Å². The standard InChI is InChI=1S/C54H88N2O2/c1-33(2)13-11-15-35(5)41-21-23-43-39-19-17-37-29-47-49(31-53(37,9)45(39)25-27-51(41,43)7)55(57)48-30-38-18-20-40-44-24-22-42(36(6)16-12-14-34(3)4)52(44,8)28-26-46(40)54(38,10)32-50(48)56(47)58/h33-46H,11-32H2,1-10H3/t35-,36-,37+,38+,39+,40+,41-,42-,43+,44+,45+,46+,51-,52-,53+,54+/m1/s1. The minimum atomic E-state index is 0.132. The van der Waals surface area contributed by atoms with Gasteiger partial charge in [0.1, 0.15) is 0 Å². The molecule has 58 heavy (non-hydrogen) atoms. The summed E-state index contributed by atoms with van der Waals surface area (Å²) in [4.78, 5) is 14.9. The second-order valence-corrected chi connectivity index (χ2v) is 25.5. The van der Waals surface area contributed by atoms with Gasteiger partial charge in [-0.05, 0) is 194 Å². The lowest BCUT2D eigenvalue weighted by molar-refractivity contribution is -0.522. The molecular formula is C54H88N2O2. The van der Waals surface area contributed by atoms with Crippen molar-refractivity contribution in [3.8, 4) is 0 Å². The van der Waals surface area contributed by atoms with Crippen LogP contribution >= 0.6 is 0 Å². The van der Waals surface area contributed by atoms with Gasteiger partial charge in [-0.25, -0.2) is 0 Å². The maximum absolute atomic E-state index is 14.9. The van der Waals surface area contributed by atoms with Crippen molar-refractivity contribution in [3.63, 3.8) is 0 Å². The third-order valence-electron chi connectivity index (χ3n) is 22.2. The van der Waals surface area contributed by atoms with E-state index in [-0.39, 0.29) is 10.8 Å². The molecule has 0 aliphatic heterocycles. The first-order valence-electron chi connectivity index (χ1n) is 25.9. The molecule has 6 fully saturated rings. The van der Waals surface area contributed by atoms with E-state index in [0.717, 1.165) is 108 Å². The fourth-order valence-corrected chi connectivity index (χ4v) is 19.1. The molecule has 0 N–H and O–H groups in total. The molecule has 4 heteroatoms. The molecule has 9 rings (SSSR count). The van der Waals surface area contributed by atoms with Crippen LogP contribution in [-0.2, 0) is 25.7 Å². The molecule has 0 amide bonds. The van der Waals surface area contributed by atoms with Crippen molar-refractivity contribution < 1.29 is 4.43 Å². The number of fused-ring (bicyclic) bond motifs is 12. The highest BCUT2D eigenvalue weighted by Crippen LogP contribution is 2.70. The Morgan fingerprint density at radius 3 is 1.52 bits per heavy atom. The molecule has 1 aromatic heterocycles. The lowest BCUT2D eigenvalue weighted by Crippen LogP contribution is -2.58. The Hall–Kier alpha value is -1.32. The van der Waals surface area contributed by atoms with Crippen molar-refractivity contribution in [1.29, 1.82) is 0 Å². The molecule has 0 saturated heterocycles. The maximum atomic E-state index is 14.9. The highest BCUT2D eigenvalue weighted by Gasteiger charge is 2.64. The maximum Gasteiger partial charge on any atom is 0.259 e. The molecule has 8 aliphatic carbocycles. The van der Waals surface area contributed by atoms with Gasteiger partial charge in [-0.3, -0.25) is 0 Å². The van der Waals surface area contributed by atoms with Gasteiger partial charge >= 0.3 is 0 Å². The van der Waals surface area contributed by atoms with Gasteiger partial charge in [0.15, 0.2) is 0 Å². The number of aromatic nitrogens is 2. The highest BCUT2D eigenvalue weighted by molar-refractivity contribution is 5.29. The summed E-state index contributed by atoms with van der Waals surface area (Å²) in [6, 6.07) is 0. The van der Waals surface area contributed by atoms with Crippen LogP contribution in [0.25, 0.3) is 0 Å². The zero-order chi connectivity index (χ0) is 41.1. The molecule has 0 unspecified atom stereocenters. The zero-order valence-electron chi connectivity index (χ0n) is 39.4. The van der Waals surface area contributed by atoms with E-state index in [0.29, 0.717) is 34.5 Å². The molecule has 6 saturated carbocycles. The molecule has 16 atom stereocenters. The van der Waals surface area contributed by atoms with E-state index >= 15 is 0 Å². The van der Waals surface area contributed by atoms with Gasteiger partial charge < -0.3 is 9.94 Å². The summed E-state index contributed by atoms with van der Waals surface area (Å²) >= 11 is 0. The van der Waals surface area contributed by atoms with Crippen molar-refractivity contribution in [1.82, 2.24) is 4.73 Å². The van der Waals surface area contributed by atoms with Crippen molar-refractivity contribution in [2.24, 2.45) is 105 Å². The monoisotopic (exact) mass is 797 g/mol. The van der Waals surface area contributed by atoms with Gasteiger partial charge in [0.25, 0.3) is 11.4 Å². The average Bonchev–Trinajstić information content (AvgIpc) is 3.72. The predicted octanol–water partition coefficient (Wildman–Crippen LogP) is 13.8. The van der Waals surface area contributed by atoms with E-state index in [2.05, 4.69) is 69.2 Å². The normalized spacial score (nSPS) is 45.0. The quantitative estimate of drug-likeness (QED) is 0.221. The van der Waals surface area contributed by atoms with E-state index in [1.54, 1.807) is 0 Å². The van der Waals surface area contributed by atoms with E-state index in [9.17, 15) is 10.1 Å². The summed E-state index contributed by atoms with van der Waals surface area (Å²) in [7, 11) is 0. The Morgan fingerprint density at radius 1 is 0.552 bits per heavy atom. The molecule has 1 aromatic rings. The minimum Gasteiger partial charge on any atom is -0.805 e. The summed E-state index contributed by atoms with van der Waals surface area (Å²) < 4.78 is 2.82. The molecule has 4 nitrogen and oxygen atoms in total. The second-order valence-electron chi connectivity index (χ2n) is 25.5. The van der Waals surface area contributed by atoms with E-state index in [1.165, 1.54) is 125 Å². The SMILES string of the molecule is CC(C)CCC[C@@H](C)[C@H]1CC[C@H]2[C@@H]3CC[C@H]4Cc5c(n([O-])c6c([n+]5=O)C[C@@]5(C)[C@@H](CC[C@@H]7[C@@H]5CC[C@]5(C)[C@@H]([C@H](C)CCCC(C)C)CC[C@@H]75)C6)C[C@]4(C)[C@H]3CC[C@]12C. The first-order chi connectivity index (χ1) is 27.5. The number of hydrogen-bond acceptors (Lipinski definition) is 2. The Morgan fingerprint density at radius 2 is 1.02 bits per heavy atom. The van der Waals surface area contributed by atoms with Gasteiger partial charge in [0, 0.05) is 17.7 Å². The molecule has 1 heterocycles. The average molecular weight is 797 g/mol. The molecule has 0 aromatic carbocycles. The minimum absolute atomic E-state index is 0.132. The van der Waals surface area contributed by atoms with Crippen LogP contribution in [0, 0.1) is 115 Å². The Balaban J connectivity index is 0.933. The molecular weight excluding hydrogens is 709 g/mol. The first kappa shape index (κ1) is 42.0. The van der Waals surface area contributed by atoms with Gasteiger partial charge in [-0.2, -0.15) is 0 Å². The smallest absolute Gasteiger partial charge is 0.259 e.